The summed E-state index contributed by atoms with van der Waals surface area (Å²) in [6.07, 6.45) is 0.942. The van der Waals surface area contributed by atoms with Crippen molar-refractivity contribution in [3.05, 3.63) is 83.9 Å². The summed E-state index contributed by atoms with van der Waals surface area (Å²) < 4.78 is 18.9. The average Bonchev–Trinajstić information content (AvgIpc) is 3.55. The molecular formula is C25H21N3O3. The van der Waals surface area contributed by atoms with E-state index >= 15 is 0 Å². The van der Waals surface area contributed by atoms with Gasteiger partial charge in [0.15, 0.2) is 11.5 Å². The Labute approximate surface area is 180 Å². The molecule has 4 aromatic rings. The maximum atomic E-state index is 5.92. The third-order valence-electron chi connectivity index (χ3n) is 5.63. The number of fused-ring (bicyclic) bond motifs is 2. The highest BCUT2D eigenvalue weighted by Gasteiger charge is 2.25. The number of rotatable bonds is 5. The van der Waals surface area contributed by atoms with E-state index in [1.165, 1.54) is 5.56 Å². The van der Waals surface area contributed by atoms with E-state index < -0.39 is 0 Å². The molecule has 1 N–H and O–H groups in total. The SMILES string of the molecule is c1ccc(COc2ccc(-n3nc(-c4ccc5c(c4)OCO5)c4c3NCC4)cc2)cc1. The summed E-state index contributed by atoms with van der Waals surface area (Å²) in [5, 5.41) is 8.42. The molecule has 154 valence electrons. The minimum atomic E-state index is 0.269. The van der Waals surface area contributed by atoms with Gasteiger partial charge in [-0.2, -0.15) is 5.10 Å². The third-order valence-corrected chi connectivity index (χ3v) is 5.63. The van der Waals surface area contributed by atoms with Crippen LogP contribution in [-0.4, -0.2) is 23.1 Å². The maximum Gasteiger partial charge on any atom is 0.231 e. The van der Waals surface area contributed by atoms with Gasteiger partial charge in [-0.1, -0.05) is 30.3 Å². The van der Waals surface area contributed by atoms with Gasteiger partial charge in [-0.05, 0) is 54.4 Å². The van der Waals surface area contributed by atoms with Crippen LogP contribution in [0.3, 0.4) is 0 Å². The molecule has 0 fully saturated rings. The summed E-state index contributed by atoms with van der Waals surface area (Å²) in [6, 6.07) is 24.2. The standard InChI is InChI=1S/C25H21N3O3/c1-2-4-17(5-3-1)15-29-20-9-7-19(8-10-20)28-25-21(12-13-26-25)24(27-28)18-6-11-22-23(14-18)31-16-30-22/h1-11,14,26H,12-13,15-16H2. The molecule has 6 nitrogen and oxygen atoms in total. The molecule has 0 aliphatic carbocycles. The van der Waals surface area contributed by atoms with Gasteiger partial charge in [-0.25, -0.2) is 4.68 Å². The van der Waals surface area contributed by atoms with Gasteiger partial charge in [0, 0.05) is 17.7 Å². The topological polar surface area (TPSA) is 57.5 Å². The fraction of sp³-hybridized carbons (Fsp3) is 0.160. The normalized spacial score (nSPS) is 13.7. The molecule has 0 radical (unpaired) electrons. The number of hydrogen-bond acceptors (Lipinski definition) is 5. The maximum absolute atomic E-state index is 5.92. The Morgan fingerprint density at radius 1 is 0.935 bits per heavy atom. The van der Waals surface area contributed by atoms with Crippen molar-refractivity contribution in [2.24, 2.45) is 0 Å². The van der Waals surface area contributed by atoms with E-state index in [0.29, 0.717) is 6.61 Å². The number of ether oxygens (including phenoxy) is 3. The third kappa shape index (κ3) is 3.26. The van der Waals surface area contributed by atoms with Crippen LogP contribution >= 0.6 is 0 Å². The van der Waals surface area contributed by atoms with Crippen LogP contribution in [0.1, 0.15) is 11.1 Å². The zero-order valence-corrected chi connectivity index (χ0v) is 16.9. The summed E-state index contributed by atoms with van der Waals surface area (Å²) in [5.74, 6) is 3.43. The molecule has 0 saturated heterocycles. The number of nitrogens with one attached hydrogen (secondary N) is 1. The van der Waals surface area contributed by atoms with E-state index in [1.54, 1.807) is 0 Å². The second-order valence-corrected chi connectivity index (χ2v) is 7.60. The Bertz CT molecular complexity index is 1230. The van der Waals surface area contributed by atoms with Gasteiger partial charge < -0.3 is 19.5 Å². The predicted molar refractivity (Wildman–Crippen MR) is 118 cm³/mol. The summed E-state index contributed by atoms with van der Waals surface area (Å²) in [6.45, 7) is 1.72. The van der Waals surface area contributed by atoms with Gasteiger partial charge in [0.2, 0.25) is 6.79 Å². The van der Waals surface area contributed by atoms with Crippen molar-refractivity contribution in [2.45, 2.75) is 13.0 Å². The fourth-order valence-corrected chi connectivity index (χ4v) is 4.06. The van der Waals surface area contributed by atoms with Crippen molar-refractivity contribution >= 4 is 5.82 Å². The zero-order valence-electron chi connectivity index (χ0n) is 16.9. The smallest absolute Gasteiger partial charge is 0.231 e. The Morgan fingerprint density at radius 2 is 1.77 bits per heavy atom. The molecular weight excluding hydrogens is 390 g/mol. The number of benzene rings is 3. The van der Waals surface area contributed by atoms with E-state index in [9.17, 15) is 0 Å². The van der Waals surface area contributed by atoms with Crippen molar-refractivity contribution in [1.29, 1.82) is 0 Å². The van der Waals surface area contributed by atoms with E-state index in [0.717, 1.165) is 58.5 Å². The Kier molecular flexibility index (Phi) is 4.27. The van der Waals surface area contributed by atoms with Gasteiger partial charge in [0.25, 0.3) is 0 Å². The van der Waals surface area contributed by atoms with Crippen molar-refractivity contribution in [1.82, 2.24) is 9.78 Å². The van der Waals surface area contributed by atoms with Gasteiger partial charge in [0.05, 0.1) is 11.4 Å². The van der Waals surface area contributed by atoms with Gasteiger partial charge in [0.1, 0.15) is 18.2 Å². The van der Waals surface area contributed by atoms with Gasteiger partial charge >= 0.3 is 0 Å². The molecule has 0 atom stereocenters. The molecule has 1 aromatic heterocycles. The number of aromatic nitrogens is 2. The minimum Gasteiger partial charge on any atom is -0.489 e. The molecule has 0 spiro atoms. The highest BCUT2D eigenvalue weighted by Crippen LogP contribution is 2.39. The molecule has 31 heavy (non-hydrogen) atoms. The van der Waals surface area contributed by atoms with E-state index in [2.05, 4.69) is 17.4 Å². The van der Waals surface area contributed by atoms with Crippen LogP contribution < -0.4 is 19.5 Å². The first-order valence-electron chi connectivity index (χ1n) is 10.4. The van der Waals surface area contributed by atoms with E-state index in [1.807, 2.05) is 65.3 Å². The lowest BCUT2D eigenvalue weighted by molar-refractivity contribution is 0.174. The Balaban J connectivity index is 1.28. The summed E-state index contributed by atoms with van der Waals surface area (Å²) in [7, 11) is 0. The summed E-state index contributed by atoms with van der Waals surface area (Å²) in [5.41, 5.74) is 5.37. The predicted octanol–water partition coefficient (Wildman–Crippen LogP) is 4.82. The molecule has 0 unspecified atom stereocenters. The van der Waals surface area contributed by atoms with Crippen LogP contribution in [0.4, 0.5) is 5.82 Å². The molecule has 0 amide bonds. The van der Waals surface area contributed by atoms with Crippen LogP contribution in [0.5, 0.6) is 17.2 Å². The zero-order chi connectivity index (χ0) is 20.6. The number of nitrogens with zero attached hydrogens (tertiary/aromatic N) is 2. The molecule has 3 aromatic carbocycles. The van der Waals surface area contributed by atoms with Crippen LogP contribution in [0, 0.1) is 0 Å². The highest BCUT2D eigenvalue weighted by molar-refractivity contribution is 5.74. The van der Waals surface area contributed by atoms with Crippen LogP contribution in [0.2, 0.25) is 0 Å². The fourth-order valence-electron chi connectivity index (χ4n) is 4.06. The molecule has 6 rings (SSSR count). The first kappa shape index (κ1) is 17.9. The van der Waals surface area contributed by atoms with Gasteiger partial charge in [-0.15, -0.1) is 0 Å². The lowest BCUT2D eigenvalue weighted by Gasteiger charge is -2.09. The second-order valence-electron chi connectivity index (χ2n) is 7.60. The molecule has 6 heteroatoms. The largest absolute Gasteiger partial charge is 0.489 e. The lowest BCUT2D eigenvalue weighted by atomic mass is 10.1. The average molecular weight is 411 g/mol. The van der Waals surface area contributed by atoms with Crippen molar-refractivity contribution < 1.29 is 14.2 Å². The van der Waals surface area contributed by atoms with Gasteiger partial charge in [-0.3, -0.25) is 0 Å². The number of anilines is 1. The number of hydrogen-bond donors (Lipinski definition) is 1. The summed E-state index contributed by atoms with van der Waals surface area (Å²) >= 11 is 0. The van der Waals surface area contributed by atoms with Crippen LogP contribution in [0.25, 0.3) is 16.9 Å². The van der Waals surface area contributed by atoms with Crippen LogP contribution in [0.15, 0.2) is 72.8 Å². The molecule has 3 heterocycles. The molecule has 2 aliphatic heterocycles. The Morgan fingerprint density at radius 3 is 2.65 bits per heavy atom. The highest BCUT2D eigenvalue weighted by atomic mass is 16.7. The van der Waals surface area contributed by atoms with Crippen LogP contribution in [-0.2, 0) is 13.0 Å². The van der Waals surface area contributed by atoms with E-state index in [4.69, 9.17) is 19.3 Å². The first-order valence-corrected chi connectivity index (χ1v) is 10.4. The van der Waals surface area contributed by atoms with Crippen molar-refractivity contribution in [2.75, 3.05) is 18.7 Å². The minimum absolute atomic E-state index is 0.269. The summed E-state index contributed by atoms with van der Waals surface area (Å²) in [4.78, 5) is 0. The van der Waals surface area contributed by atoms with Crippen molar-refractivity contribution in [3.8, 4) is 34.2 Å². The van der Waals surface area contributed by atoms with E-state index in [-0.39, 0.29) is 6.79 Å². The quantitative estimate of drug-likeness (QED) is 0.511. The first-order chi connectivity index (χ1) is 15.3. The molecule has 0 bridgehead atoms. The lowest BCUT2D eigenvalue weighted by Crippen LogP contribution is -2.04. The molecule has 0 saturated carbocycles. The van der Waals surface area contributed by atoms with Crippen molar-refractivity contribution in [3.63, 3.8) is 0 Å². The second kappa shape index (κ2) is 7.40. The Hall–Kier alpha value is -3.93. The molecule has 2 aliphatic rings. The monoisotopic (exact) mass is 411 g/mol.